The summed E-state index contributed by atoms with van der Waals surface area (Å²) in [6, 6.07) is 0.414. The van der Waals surface area contributed by atoms with Crippen molar-refractivity contribution in [1.82, 2.24) is 4.90 Å². The molecule has 0 radical (unpaired) electrons. The number of hydrogen-bond acceptors (Lipinski definition) is 4. The first-order valence-electron chi connectivity index (χ1n) is 6.08. The second-order valence-corrected chi connectivity index (χ2v) is 4.35. The van der Waals surface area contributed by atoms with E-state index in [0.717, 1.165) is 19.3 Å². The highest BCUT2D eigenvalue weighted by atomic mass is 16.4. The minimum atomic E-state index is -0.0553. The number of amidine groups is 1. The van der Waals surface area contributed by atoms with Crippen molar-refractivity contribution in [2.24, 2.45) is 10.9 Å². The number of hydrogen-bond donors (Lipinski definition) is 3. The molecule has 5 nitrogen and oxygen atoms in total. The van der Waals surface area contributed by atoms with Crippen molar-refractivity contribution in [2.75, 3.05) is 13.2 Å². The predicted octanol–water partition coefficient (Wildman–Crippen LogP) is 0.748. The van der Waals surface area contributed by atoms with Crippen LogP contribution in [-0.2, 0) is 0 Å². The Balaban J connectivity index is 2.72. The van der Waals surface area contributed by atoms with Gasteiger partial charge in [0.2, 0.25) is 0 Å². The van der Waals surface area contributed by atoms with E-state index in [-0.39, 0.29) is 18.5 Å². The number of nitrogens with zero attached hydrogens (tertiary/aromatic N) is 2. The third-order valence-electron chi connectivity index (χ3n) is 3.40. The molecule has 1 rings (SSSR count). The van der Waals surface area contributed by atoms with E-state index in [0.29, 0.717) is 12.6 Å². The van der Waals surface area contributed by atoms with E-state index in [9.17, 15) is 0 Å². The first kappa shape index (κ1) is 13.3. The molecule has 1 fully saturated rings. The van der Waals surface area contributed by atoms with Gasteiger partial charge in [-0.1, -0.05) is 24.9 Å². The standard InChI is InChI=1S/C11H23N3O2/c1-2-10(11(12)13-16)14(7-8-15)9-5-3-4-6-9/h9-10,15-16H,2-8H2,1H3,(H2,12,13). The van der Waals surface area contributed by atoms with E-state index >= 15 is 0 Å². The van der Waals surface area contributed by atoms with Crippen LogP contribution in [0.5, 0.6) is 0 Å². The Bertz CT molecular complexity index is 227. The molecule has 94 valence electrons. The summed E-state index contributed by atoms with van der Waals surface area (Å²) in [6.07, 6.45) is 5.56. The Labute approximate surface area is 96.9 Å². The van der Waals surface area contributed by atoms with Crippen LogP contribution in [0.15, 0.2) is 5.16 Å². The zero-order valence-electron chi connectivity index (χ0n) is 9.97. The van der Waals surface area contributed by atoms with Crippen LogP contribution in [0.1, 0.15) is 39.0 Å². The maximum atomic E-state index is 9.11. The molecule has 0 aromatic rings. The number of oxime groups is 1. The van der Waals surface area contributed by atoms with Crippen LogP contribution in [0.4, 0.5) is 0 Å². The molecule has 0 saturated heterocycles. The van der Waals surface area contributed by atoms with Gasteiger partial charge in [0.15, 0.2) is 5.84 Å². The first-order chi connectivity index (χ1) is 7.74. The zero-order chi connectivity index (χ0) is 12.0. The Hall–Kier alpha value is -0.810. The molecule has 1 aliphatic carbocycles. The molecule has 0 bridgehead atoms. The van der Waals surface area contributed by atoms with Crippen molar-refractivity contribution in [3.63, 3.8) is 0 Å². The smallest absolute Gasteiger partial charge is 0.156 e. The lowest BCUT2D eigenvalue weighted by molar-refractivity contribution is 0.127. The Kier molecular flexibility index (Phi) is 5.55. The molecule has 4 N–H and O–H groups in total. The van der Waals surface area contributed by atoms with Crippen LogP contribution in [0.3, 0.4) is 0 Å². The summed E-state index contributed by atoms with van der Waals surface area (Å²) in [6.45, 7) is 2.73. The highest BCUT2D eigenvalue weighted by Crippen LogP contribution is 2.25. The van der Waals surface area contributed by atoms with Gasteiger partial charge in [-0.25, -0.2) is 0 Å². The van der Waals surface area contributed by atoms with Gasteiger partial charge in [-0.15, -0.1) is 0 Å². The van der Waals surface area contributed by atoms with Crippen LogP contribution in [0.25, 0.3) is 0 Å². The van der Waals surface area contributed by atoms with Gasteiger partial charge >= 0.3 is 0 Å². The Morgan fingerprint density at radius 3 is 2.56 bits per heavy atom. The van der Waals surface area contributed by atoms with Crippen LogP contribution in [0.2, 0.25) is 0 Å². The fraction of sp³-hybridized carbons (Fsp3) is 0.909. The molecule has 0 aliphatic heterocycles. The van der Waals surface area contributed by atoms with E-state index in [4.69, 9.17) is 16.0 Å². The van der Waals surface area contributed by atoms with Gasteiger partial charge < -0.3 is 16.0 Å². The molecule has 5 heteroatoms. The van der Waals surface area contributed by atoms with Crippen LogP contribution < -0.4 is 5.73 Å². The minimum absolute atomic E-state index is 0.0553. The maximum absolute atomic E-state index is 9.11. The molecule has 16 heavy (non-hydrogen) atoms. The summed E-state index contributed by atoms with van der Waals surface area (Å²) < 4.78 is 0. The van der Waals surface area contributed by atoms with E-state index in [1.807, 2.05) is 6.92 Å². The molecule has 1 unspecified atom stereocenters. The quantitative estimate of drug-likeness (QED) is 0.272. The second-order valence-electron chi connectivity index (χ2n) is 4.35. The summed E-state index contributed by atoms with van der Waals surface area (Å²) in [5, 5.41) is 21.0. The Morgan fingerprint density at radius 1 is 1.50 bits per heavy atom. The topological polar surface area (TPSA) is 82.1 Å². The van der Waals surface area contributed by atoms with Gasteiger partial charge in [0.25, 0.3) is 0 Å². The van der Waals surface area contributed by atoms with E-state index in [2.05, 4.69) is 10.1 Å². The zero-order valence-corrected chi connectivity index (χ0v) is 9.97. The molecule has 0 spiro atoms. The monoisotopic (exact) mass is 229 g/mol. The number of rotatable bonds is 6. The van der Waals surface area contributed by atoms with Gasteiger partial charge in [0, 0.05) is 12.6 Å². The average molecular weight is 229 g/mol. The molecule has 0 heterocycles. The normalized spacial score (nSPS) is 20.6. The fourth-order valence-electron chi connectivity index (χ4n) is 2.62. The van der Waals surface area contributed by atoms with Crippen LogP contribution in [-0.4, -0.2) is 46.3 Å². The first-order valence-corrected chi connectivity index (χ1v) is 6.08. The summed E-state index contributed by atoms with van der Waals surface area (Å²) in [7, 11) is 0. The van der Waals surface area contributed by atoms with Crippen molar-refractivity contribution in [2.45, 2.75) is 51.1 Å². The Morgan fingerprint density at radius 2 is 2.12 bits per heavy atom. The van der Waals surface area contributed by atoms with Crippen molar-refractivity contribution in [3.05, 3.63) is 0 Å². The van der Waals surface area contributed by atoms with Crippen molar-refractivity contribution in [1.29, 1.82) is 0 Å². The van der Waals surface area contributed by atoms with Crippen LogP contribution >= 0.6 is 0 Å². The van der Waals surface area contributed by atoms with Gasteiger partial charge in [-0.3, -0.25) is 4.90 Å². The number of nitrogens with two attached hydrogens (primary N) is 1. The number of aliphatic hydroxyl groups is 1. The third kappa shape index (κ3) is 3.09. The summed E-state index contributed by atoms with van der Waals surface area (Å²) in [5.41, 5.74) is 5.70. The largest absolute Gasteiger partial charge is 0.409 e. The van der Waals surface area contributed by atoms with E-state index < -0.39 is 0 Å². The average Bonchev–Trinajstić information content (AvgIpc) is 2.81. The predicted molar refractivity (Wildman–Crippen MR) is 63.5 cm³/mol. The van der Waals surface area contributed by atoms with Crippen molar-refractivity contribution < 1.29 is 10.3 Å². The molecule has 1 aliphatic rings. The molecule has 0 aromatic carbocycles. The fourth-order valence-corrected chi connectivity index (χ4v) is 2.62. The van der Waals surface area contributed by atoms with Crippen LogP contribution in [0, 0.1) is 0 Å². The molecule has 1 atom stereocenters. The lowest BCUT2D eigenvalue weighted by atomic mass is 10.1. The molecular formula is C11H23N3O2. The maximum Gasteiger partial charge on any atom is 0.156 e. The van der Waals surface area contributed by atoms with Gasteiger partial charge in [0.1, 0.15) is 0 Å². The summed E-state index contributed by atoms with van der Waals surface area (Å²) >= 11 is 0. The third-order valence-corrected chi connectivity index (χ3v) is 3.40. The summed E-state index contributed by atoms with van der Waals surface area (Å²) in [4.78, 5) is 2.18. The summed E-state index contributed by atoms with van der Waals surface area (Å²) in [5.74, 6) is 0.253. The second kappa shape index (κ2) is 6.70. The van der Waals surface area contributed by atoms with Crippen molar-refractivity contribution >= 4 is 5.84 Å². The molecule has 0 amide bonds. The lowest BCUT2D eigenvalue weighted by Gasteiger charge is -2.34. The highest BCUT2D eigenvalue weighted by molar-refractivity contribution is 5.85. The highest BCUT2D eigenvalue weighted by Gasteiger charge is 2.29. The molecular weight excluding hydrogens is 206 g/mol. The van der Waals surface area contributed by atoms with E-state index in [1.165, 1.54) is 12.8 Å². The van der Waals surface area contributed by atoms with Gasteiger partial charge in [0.05, 0.1) is 12.6 Å². The minimum Gasteiger partial charge on any atom is -0.409 e. The molecule has 1 saturated carbocycles. The van der Waals surface area contributed by atoms with Crippen molar-refractivity contribution in [3.8, 4) is 0 Å². The lowest BCUT2D eigenvalue weighted by Crippen LogP contribution is -2.50. The SMILES string of the molecule is CCC(C(N)=NO)N(CCO)C1CCCC1. The van der Waals surface area contributed by atoms with Gasteiger partial charge in [-0.2, -0.15) is 0 Å². The molecule has 0 aromatic heterocycles. The van der Waals surface area contributed by atoms with E-state index in [1.54, 1.807) is 0 Å². The van der Waals surface area contributed by atoms with Gasteiger partial charge in [-0.05, 0) is 19.3 Å². The number of aliphatic hydroxyl groups excluding tert-OH is 1.